The monoisotopic (exact) mass is 329 g/mol. The van der Waals surface area contributed by atoms with Crippen LogP contribution < -0.4 is 5.32 Å². The Bertz CT molecular complexity index is 324. The molecule has 1 nitrogen and oxygen atoms in total. The summed E-state index contributed by atoms with van der Waals surface area (Å²) in [5.74, 6) is 2.57. The van der Waals surface area contributed by atoms with Crippen LogP contribution in [0.3, 0.4) is 0 Å². The molecule has 0 aliphatic rings. The average Bonchev–Trinajstić information content (AvgIpc) is 2.34. The molecule has 1 atom stereocenters. The van der Waals surface area contributed by atoms with Crippen LogP contribution in [0.2, 0.25) is 0 Å². The Morgan fingerprint density at radius 3 is 2.39 bits per heavy atom. The van der Waals surface area contributed by atoms with Crippen molar-refractivity contribution in [1.29, 1.82) is 0 Å². The molecule has 0 spiro atoms. The number of nitrogens with one attached hydrogen (secondary N) is 1. The third kappa shape index (κ3) is 6.26. The first-order valence-corrected chi connectivity index (χ1v) is 8.77. The first-order valence-electron chi connectivity index (χ1n) is 6.58. The van der Waals surface area contributed by atoms with Gasteiger partial charge in [-0.3, -0.25) is 0 Å². The molecule has 0 heterocycles. The highest BCUT2D eigenvalue weighted by atomic mass is 79.9. The minimum atomic E-state index is 0.629. The highest BCUT2D eigenvalue weighted by Crippen LogP contribution is 2.22. The summed E-state index contributed by atoms with van der Waals surface area (Å²) in [5, 5.41) is 3.59. The van der Waals surface area contributed by atoms with Gasteiger partial charge in [-0.05, 0) is 54.5 Å². The summed E-state index contributed by atoms with van der Waals surface area (Å²) in [6, 6.07) is 8.77. The Labute approximate surface area is 124 Å². The van der Waals surface area contributed by atoms with E-state index in [0.29, 0.717) is 5.92 Å². The van der Waals surface area contributed by atoms with E-state index >= 15 is 0 Å². The third-order valence-electron chi connectivity index (χ3n) is 2.96. The molecule has 0 saturated heterocycles. The molecule has 0 fully saturated rings. The van der Waals surface area contributed by atoms with Crippen LogP contribution in [0.5, 0.6) is 0 Å². The van der Waals surface area contributed by atoms with Gasteiger partial charge in [-0.2, -0.15) is 11.8 Å². The number of halogens is 1. The summed E-state index contributed by atoms with van der Waals surface area (Å²) in [5.41, 5.74) is 1.45. The Kier molecular flexibility index (Phi) is 8.03. The maximum Gasteiger partial charge on any atom is 0.0175 e. The van der Waals surface area contributed by atoms with Crippen molar-refractivity contribution in [1.82, 2.24) is 5.32 Å². The first-order chi connectivity index (χ1) is 8.63. The van der Waals surface area contributed by atoms with E-state index in [9.17, 15) is 0 Å². The zero-order chi connectivity index (χ0) is 13.4. The minimum absolute atomic E-state index is 0.629. The number of benzene rings is 1. The van der Waals surface area contributed by atoms with Crippen LogP contribution in [0.1, 0.15) is 31.7 Å². The van der Waals surface area contributed by atoms with E-state index in [1.165, 1.54) is 17.7 Å². The van der Waals surface area contributed by atoms with Crippen molar-refractivity contribution in [3.63, 3.8) is 0 Å². The predicted octanol–water partition coefficient (Wildman–Crippen LogP) is 4.53. The van der Waals surface area contributed by atoms with Gasteiger partial charge in [0.15, 0.2) is 0 Å². The lowest BCUT2D eigenvalue weighted by molar-refractivity contribution is 0.511. The number of hydrogen-bond acceptors (Lipinski definition) is 2. The van der Waals surface area contributed by atoms with E-state index in [-0.39, 0.29) is 0 Å². The molecule has 1 aromatic rings. The minimum Gasteiger partial charge on any atom is -0.316 e. The molecule has 0 aromatic heterocycles. The number of rotatable bonds is 8. The molecule has 0 amide bonds. The van der Waals surface area contributed by atoms with Crippen LogP contribution >= 0.6 is 27.7 Å². The summed E-state index contributed by atoms with van der Waals surface area (Å²) in [6.45, 7) is 6.69. The molecule has 1 unspecified atom stereocenters. The molecule has 18 heavy (non-hydrogen) atoms. The second-order valence-electron chi connectivity index (χ2n) is 5.08. The zero-order valence-electron chi connectivity index (χ0n) is 11.6. The zero-order valence-corrected chi connectivity index (χ0v) is 14.0. The van der Waals surface area contributed by atoms with Gasteiger partial charge in [-0.15, -0.1) is 0 Å². The number of thioether (sulfide) groups is 1. The Hall–Kier alpha value is 0.01000. The lowest BCUT2D eigenvalue weighted by atomic mass is 9.96. The van der Waals surface area contributed by atoms with E-state index in [1.54, 1.807) is 0 Å². The van der Waals surface area contributed by atoms with Crippen LogP contribution in [-0.4, -0.2) is 25.1 Å². The maximum absolute atomic E-state index is 3.59. The van der Waals surface area contributed by atoms with Gasteiger partial charge in [0.05, 0.1) is 0 Å². The summed E-state index contributed by atoms with van der Waals surface area (Å²) < 4.78 is 1.16. The van der Waals surface area contributed by atoms with Crippen molar-refractivity contribution in [3.05, 3.63) is 34.3 Å². The average molecular weight is 330 g/mol. The molecule has 0 saturated carbocycles. The normalized spacial score (nSPS) is 12.9. The molecule has 0 radical (unpaired) electrons. The van der Waals surface area contributed by atoms with Crippen LogP contribution in [-0.2, 0) is 0 Å². The lowest BCUT2D eigenvalue weighted by Gasteiger charge is -2.19. The van der Waals surface area contributed by atoms with Crippen molar-refractivity contribution >= 4 is 27.7 Å². The van der Waals surface area contributed by atoms with Gasteiger partial charge in [0.2, 0.25) is 0 Å². The van der Waals surface area contributed by atoms with Crippen molar-refractivity contribution < 1.29 is 0 Å². The molecule has 1 rings (SSSR count). The van der Waals surface area contributed by atoms with Crippen LogP contribution in [0.4, 0.5) is 0 Å². The van der Waals surface area contributed by atoms with Crippen molar-refractivity contribution in [3.8, 4) is 0 Å². The van der Waals surface area contributed by atoms with Crippen LogP contribution in [0.15, 0.2) is 28.7 Å². The molecule has 3 heteroatoms. The van der Waals surface area contributed by atoms with E-state index < -0.39 is 0 Å². The van der Waals surface area contributed by atoms with E-state index in [1.807, 2.05) is 11.8 Å². The molecule has 1 aromatic carbocycles. The van der Waals surface area contributed by atoms with E-state index in [0.717, 1.165) is 23.5 Å². The summed E-state index contributed by atoms with van der Waals surface area (Å²) >= 11 is 5.43. The molecule has 0 aliphatic heterocycles. The van der Waals surface area contributed by atoms with Gasteiger partial charge in [0.25, 0.3) is 0 Å². The fourth-order valence-corrected chi connectivity index (χ4v) is 2.71. The third-order valence-corrected chi connectivity index (χ3v) is 4.13. The summed E-state index contributed by atoms with van der Waals surface area (Å²) in [4.78, 5) is 0. The van der Waals surface area contributed by atoms with Gasteiger partial charge in [-0.25, -0.2) is 0 Å². The quantitative estimate of drug-likeness (QED) is 0.751. The molecule has 1 N–H and O–H groups in total. The summed E-state index contributed by atoms with van der Waals surface area (Å²) in [7, 11) is 0. The highest BCUT2D eigenvalue weighted by molar-refractivity contribution is 9.10. The van der Waals surface area contributed by atoms with Gasteiger partial charge in [-0.1, -0.05) is 41.9 Å². The second kappa shape index (κ2) is 9.00. The van der Waals surface area contributed by atoms with Crippen molar-refractivity contribution in [2.24, 2.45) is 5.92 Å². The SMILES string of the molecule is CSCCC(CNCC(C)C)c1ccc(Br)cc1. The van der Waals surface area contributed by atoms with Gasteiger partial charge < -0.3 is 5.32 Å². The fourth-order valence-electron chi connectivity index (χ4n) is 1.93. The topological polar surface area (TPSA) is 12.0 Å². The largest absolute Gasteiger partial charge is 0.316 e. The van der Waals surface area contributed by atoms with Gasteiger partial charge >= 0.3 is 0 Å². The highest BCUT2D eigenvalue weighted by Gasteiger charge is 2.11. The molecule has 0 bridgehead atoms. The molecule has 102 valence electrons. The maximum atomic E-state index is 3.59. The van der Waals surface area contributed by atoms with E-state index in [2.05, 4.69) is 65.6 Å². The molecular formula is C15H24BrNS. The number of hydrogen-bond donors (Lipinski definition) is 1. The first kappa shape index (κ1) is 16.1. The van der Waals surface area contributed by atoms with Crippen molar-refractivity contribution in [2.45, 2.75) is 26.2 Å². The van der Waals surface area contributed by atoms with E-state index in [4.69, 9.17) is 0 Å². The standard InChI is InChI=1S/C15H24BrNS/c1-12(2)10-17-11-14(8-9-18-3)13-4-6-15(16)7-5-13/h4-7,12,14,17H,8-11H2,1-3H3. The Morgan fingerprint density at radius 2 is 1.83 bits per heavy atom. The molecular weight excluding hydrogens is 306 g/mol. The lowest BCUT2D eigenvalue weighted by Crippen LogP contribution is -2.25. The van der Waals surface area contributed by atoms with Gasteiger partial charge in [0.1, 0.15) is 0 Å². The smallest absolute Gasteiger partial charge is 0.0175 e. The Balaban J connectivity index is 2.56. The van der Waals surface area contributed by atoms with Crippen molar-refractivity contribution in [2.75, 3.05) is 25.1 Å². The molecule has 0 aliphatic carbocycles. The van der Waals surface area contributed by atoms with Crippen LogP contribution in [0.25, 0.3) is 0 Å². The second-order valence-corrected chi connectivity index (χ2v) is 6.98. The van der Waals surface area contributed by atoms with Crippen LogP contribution in [0, 0.1) is 5.92 Å². The fraction of sp³-hybridized carbons (Fsp3) is 0.600. The predicted molar refractivity (Wildman–Crippen MR) is 87.6 cm³/mol. The van der Waals surface area contributed by atoms with Gasteiger partial charge in [0, 0.05) is 11.0 Å². The summed E-state index contributed by atoms with van der Waals surface area (Å²) in [6.07, 6.45) is 3.42. The Morgan fingerprint density at radius 1 is 1.17 bits per heavy atom.